The molecule has 3 N–H and O–H groups in total. The molecule has 0 bridgehead atoms. The van der Waals surface area contributed by atoms with Crippen LogP contribution in [-0.2, 0) is 15.3 Å². The summed E-state index contributed by atoms with van der Waals surface area (Å²) in [6.07, 6.45) is 0. The van der Waals surface area contributed by atoms with E-state index in [1.807, 2.05) is 6.07 Å². The van der Waals surface area contributed by atoms with Crippen LogP contribution in [0.3, 0.4) is 0 Å². The Balaban J connectivity index is 2.26. The van der Waals surface area contributed by atoms with Crippen LogP contribution in [0, 0.1) is 0 Å². The Morgan fingerprint density at radius 3 is 2.72 bits per heavy atom. The van der Waals surface area contributed by atoms with E-state index in [2.05, 4.69) is 5.32 Å². The average molecular weight is 310 g/mol. The molecule has 1 rings (SSSR count). The highest BCUT2D eigenvalue weighted by Gasteiger charge is 2.18. The van der Waals surface area contributed by atoms with Gasteiger partial charge in [0.05, 0.1) is 16.7 Å². The topological polar surface area (TPSA) is 86.6 Å². The van der Waals surface area contributed by atoms with Gasteiger partial charge in [0.15, 0.2) is 0 Å². The maximum Gasteiger partial charge on any atom is 0.328 e. The molecule has 0 saturated carbocycles. The molecule has 0 aliphatic rings. The predicted octanol–water partition coefficient (Wildman–Crippen LogP) is 1.20. The summed E-state index contributed by atoms with van der Waals surface area (Å²) in [6, 6.07) is 2.43. The van der Waals surface area contributed by atoms with Gasteiger partial charge in [-0.05, 0) is 12.1 Å². The lowest BCUT2D eigenvalue weighted by atomic mass is 10.3. The average Bonchev–Trinajstić information content (AvgIpc) is 2.71. The molecule has 100 valence electrons. The number of hydrogen-bond acceptors (Lipinski definition) is 5. The summed E-state index contributed by atoms with van der Waals surface area (Å²) in [4.78, 5) is 23.0. The first-order valence-corrected chi connectivity index (χ1v) is 7.33. The number of hydrogen-bond donors (Lipinski definition) is 3. The smallest absolute Gasteiger partial charge is 0.328 e. The van der Waals surface area contributed by atoms with Crippen molar-refractivity contribution in [2.24, 2.45) is 0 Å². The second-order valence-electron chi connectivity index (χ2n) is 3.34. The van der Waals surface area contributed by atoms with E-state index in [9.17, 15) is 9.59 Å². The van der Waals surface area contributed by atoms with E-state index in [0.717, 1.165) is 4.88 Å². The lowest BCUT2D eigenvalue weighted by Gasteiger charge is -2.10. The fraction of sp³-hybridized carbons (Fsp3) is 0.400. The number of amides is 1. The van der Waals surface area contributed by atoms with E-state index >= 15 is 0 Å². The summed E-state index contributed by atoms with van der Waals surface area (Å²) >= 11 is 8.56. The molecule has 0 aliphatic carbocycles. The Kier molecular flexibility index (Phi) is 6.48. The van der Waals surface area contributed by atoms with E-state index in [4.69, 9.17) is 21.8 Å². The molecular weight excluding hydrogens is 298 g/mol. The largest absolute Gasteiger partial charge is 0.480 e. The third-order valence-corrected chi connectivity index (χ3v) is 4.32. The summed E-state index contributed by atoms with van der Waals surface area (Å²) in [5.41, 5.74) is 0. The predicted molar refractivity (Wildman–Crippen MR) is 72.1 cm³/mol. The van der Waals surface area contributed by atoms with E-state index < -0.39 is 24.5 Å². The molecule has 0 fully saturated rings. The van der Waals surface area contributed by atoms with Crippen LogP contribution in [0.2, 0.25) is 4.34 Å². The molecule has 1 atom stereocenters. The van der Waals surface area contributed by atoms with E-state index in [1.165, 1.54) is 23.1 Å². The van der Waals surface area contributed by atoms with Crippen molar-refractivity contribution in [1.82, 2.24) is 5.32 Å². The Hall–Kier alpha value is -0.760. The number of thioether (sulfide) groups is 1. The molecule has 1 heterocycles. The van der Waals surface area contributed by atoms with Gasteiger partial charge in [0.25, 0.3) is 0 Å². The van der Waals surface area contributed by atoms with Crippen molar-refractivity contribution in [2.45, 2.75) is 11.8 Å². The first-order chi connectivity index (χ1) is 8.52. The number of aliphatic carboxylic acids is 1. The third kappa shape index (κ3) is 5.26. The lowest BCUT2D eigenvalue weighted by Crippen LogP contribution is -2.44. The summed E-state index contributed by atoms with van der Waals surface area (Å²) in [7, 11) is 0. The van der Waals surface area contributed by atoms with Crippen LogP contribution in [0.15, 0.2) is 12.1 Å². The number of halogens is 1. The number of aliphatic hydroxyl groups is 1. The number of carbonyl (C=O) groups excluding carboxylic acids is 1. The zero-order valence-electron chi connectivity index (χ0n) is 9.26. The van der Waals surface area contributed by atoms with Gasteiger partial charge in [0.2, 0.25) is 5.91 Å². The first kappa shape index (κ1) is 15.3. The Morgan fingerprint density at radius 1 is 1.50 bits per heavy atom. The molecule has 1 amide bonds. The number of thiophene rings is 1. The molecule has 0 unspecified atom stereocenters. The van der Waals surface area contributed by atoms with E-state index in [-0.39, 0.29) is 5.75 Å². The second kappa shape index (κ2) is 7.63. The number of nitrogens with one attached hydrogen (secondary N) is 1. The molecule has 0 saturated heterocycles. The minimum atomic E-state index is -1.25. The van der Waals surface area contributed by atoms with Crippen molar-refractivity contribution < 1.29 is 19.8 Å². The van der Waals surface area contributed by atoms with Crippen molar-refractivity contribution in [3.05, 3.63) is 21.3 Å². The number of carboxylic acid groups (broad SMARTS) is 1. The van der Waals surface area contributed by atoms with Crippen LogP contribution < -0.4 is 5.32 Å². The standard InChI is InChI=1S/C10H12ClNO4S2/c11-8-2-1-6(18-8)4-17-5-9(14)12-7(3-13)10(15)16/h1-2,7,13H,3-5H2,(H,12,14)(H,15,16)/t7-/m1/s1. The van der Waals surface area contributed by atoms with Gasteiger partial charge in [-0.1, -0.05) is 11.6 Å². The highest BCUT2D eigenvalue weighted by Crippen LogP contribution is 2.24. The SMILES string of the molecule is O=C(CSCc1ccc(Cl)s1)N[C@H](CO)C(=O)O. The minimum Gasteiger partial charge on any atom is -0.480 e. The maximum atomic E-state index is 11.4. The molecule has 0 aliphatic heterocycles. The second-order valence-corrected chi connectivity index (χ2v) is 6.12. The Morgan fingerprint density at radius 2 is 2.22 bits per heavy atom. The van der Waals surface area contributed by atoms with Gasteiger partial charge < -0.3 is 15.5 Å². The van der Waals surface area contributed by atoms with Crippen LogP contribution in [0.5, 0.6) is 0 Å². The summed E-state index contributed by atoms with van der Waals surface area (Å²) in [5, 5.41) is 19.6. The number of rotatable bonds is 7. The number of aliphatic hydroxyl groups excluding tert-OH is 1. The normalized spacial score (nSPS) is 12.1. The molecule has 1 aromatic heterocycles. The molecule has 8 heteroatoms. The zero-order valence-corrected chi connectivity index (χ0v) is 11.6. The lowest BCUT2D eigenvalue weighted by molar-refractivity contribution is -0.142. The fourth-order valence-electron chi connectivity index (χ4n) is 1.10. The monoisotopic (exact) mass is 309 g/mol. The van der Waals surface area contributed by atoms with Gasteiger partial charge in [-0.25, -0.2) is 4.79 Å². The highest BCUT2D eigenvalue weighted by molar-refractivity contribution is 7.99. The first-order valence-electron chi connectivity index (χ1n) is 4.98. The molecular formula is C10H12ClNO4S2. The van der Waals surface area contributed by atoms with Crippen LogP contribution >= 0.6 is 34.7 Å². The van der Waals surface area contributed by atoms with E-state index in [1.54, 1.807) is 6.07 Å². The van der Waals surface area contributed by atoms with E-state index in [0.29, 0.717) is 10.1 Å². The summed E-state index contributed by atoms with van der Waals surface area (Å²) < 4.78 is 0.696. The van der Waals surface area contributed by atoms with Gasteiger partial charge >= 0.3 is 5.97 Å². The molecule has 0 spiro atoms. The molecule has 18 heavy (non-hydrogen) atoms. The summed E-state index contributed by atoms with van der Waals surface area (Å²) in [5.74, 6) is -0.883. The number of carbonyl (C=O) groups is 2. The third-order valence-electron chi connectivity index (χ3n) is 1.92. The van der Waals surface area contributed by atoms with Crippen LogP contribution in [-0.4, -0.2) is 40.5 Å². The maximum absolute atomic E-state index is 11.4. The van der Waals surface area contributed by atoms with Crippen molar-refractivity contribution in [3.8, 4) is 0 Å². The van der Waals surface area contributed by atoms with Crippen molar-refractivity contribution in [2.75, 3.05) is 12.4 Å². The van der Waals surface area contributed by atoms with Crippen molar-refractivity contribution >= 4 is 46.6 Å². The molecule has 5 nitrogen and oxygen atoms in total. The van der Waals surface area contributed by atoms with Gasteiger partial charge in [0, 0.05) is 10.6 Å². The Bertz CT molecular complexity index is 424. The van der Waals surface area contributed by atoms with Gasteiger partial charge in [-0.3, -0.25) is 4.79 Å². The van der Waals surface area contributed by atoms with Crippen molar-refractivity contribution in [3.63, 3.8) is 0 Å². The Labute approximate surface area is 117 Å². The quantitative estimate of drug-likeness (QED) is 0.704. The zero-order chi connectivity index (χ0) is 13.5. The van der Waals surface area contributed by atoms with Gasteiger partial charge in [-0.15, -0.1) is 23.1 Å². The van der Waals surface area contributed by atoms with Gasteiger partial charge in [0.1, 0.15) is 6.04 Å². The highest BCUT2D eigenvalue weighted by atomic mass is 35.5. The minimum absolute atomic E-state index is 0.138. The van der Waals surface area contributed by atoms with Crippen LogP contribution in [0.25, 0.3) is 0 Å². The van der Waals surface area contributed by atoms with Crippen LogP contribution in [0.4, 0.5) is 0 Å². The van der Waals surface area contributed by atoms with Crippen LogP contribution in [0.1, 0.15) is 4.88 Å². The summed E-state index contributed by atoms with van der Waals surface area (Å²) in [6.45, 7) is -0.619. The molecule has 0 aromatic carbocycles. The molecule has 0 radical (unpaired) electrons. The fourth-order valence-corrected chi connectivity index (χ4v) is 3.13. The van der Waals surface area contributed by atoms with Gasteiger partial charge in [-0.2, -0.15) is 0 Å². The molecule has 1 aromatic rings. The van der Waals surface area contributed by atoms with Crippen molar-refractivity contribution in [1.29, 1.82) is 0 Å². The number of carboxylic acids is 1.